The summed E-state index contributed by atoms with van der Waals surface area (Å²) in [6, 6.07) is 0. The second kappa shape index (κ2) is 21.8. The predicted molar refractivity (Wildman–Crippen MR) is 303 cm³/mol. The van der Waals surface area contributed by atoms with Crippen LogP contribution in [0.25, 0.3) is 0 Å². The number of hydrogen-bond donors (Lipinski definition) is 0. The zero-order valence-electron chi connectivity index (χ0n) is 51.5. The average molecular weight is 1170 g/mol. The molecule has 14 rings (SSSR count). The maximum absolute atomic E-state index is 14.6. The first-order valence-electron chi connectivity index (χ1n) is 32.5. The summed E-state index contributed by atoms with van der Waals surface area (Å²) >= 11 is 0. The van der Waals surface area contributed by atoms with E-state index in [4.69, 9.17) is 65.7 Å². The third kappa shape index (κ3) is 10.6. The van der Waals surface area contributed by atoms with Crippen LogP contribution in [-0.2, 0) is 75.3 Å². The number of esters is 1. The zero-order chi connectivity index (χ0) is 57.7. The van der Waals surface area contributed by atoms with E-state index in [0.717, 1.165) is 62.5 Å². The molecule has 0 saturated carbocycles. The predicted octanol–water partition coefficient (Wildman–Crippen LogP) is 10.7. The average Bonchev–Trinajstić information content (AvgIpc) is 2.45. The largest absolute Gasteiger partial charge is 0.459 e. The minimum atomic E-state index is -2.81. The van der Waals surface area contributed by atoms with Crippen LogP contribution in [0.3, 0.4) is 0 Å². The van der Waals surface area contributed by atoms with E-state index in [1.807, 2.05) is 0 Å². The molecule has 16 nitrogen and oxygen atoms in total. The van der Waals surface area contributed by atoms with Crippen molar-refractivity contribution in [3.05, 3.63) is 24.3 Å². The van der Waals surface area contributed by atoms with Gasteiger partial charge in [-0.1, -0.05) is 96.2 Å². The van der Waals surface area contributed by atoms with Gasteiger partial charge in [0, 0.05) is 73.5 Å². The molecule has 14 saturated heterocycles. The van der Waals surface area contributed by atoms with E-state index >= 15 is 0 Å². The highest BCUT2D eigenvalue weighted by Gasteiger charge is 2.70. The van der Waals surface area contributed by atoms with Crippen molar-refractivity contribution in [2.75, 3.05) is 6.61 Å². The molecular formula is C65H100O16Si. The van der Waals surface area contributed by atoms with Gasteiger partial charge in [-0.05, 0) is 92.1 Å². The first-order valence-corrected chi connectivity index (χ1v) is 34.3. The summed E-state index contributed by atoms with van der Waals surface area (Å²) in [5.74, 6) is -1.18. The molecule has 82 heavy (non-hydrogen) atoms. The molecule has 460 valence electrons. The summed E-state index contributed by atoms with van der Waals surface area (Å²) in [6.45, 7) is 36.4. The molecule has 0 aliphatic carbocycles. The molecule has 17 heteroatoms. The van der Waals surface area contributed by atoms with E-state index < -0.39 is 63.0 Å². The first-order chi connectivity index (χ1) is 38.8. The molecule has 12 bridgehead atoms. The Morgan fingerprint density at radius 1 is 0.561 bits per heavy atom. The Hall–Kier alpha value is -1.68. The van der Waals surface area contributed by atoms with Crippen molar-refractivity contribution in [1.29, 1.82) is 0 Å². The van der Waals surface area contributed by atoms with Crippen molar-refractivity contribution < 1.29 is 75.3 Å². The fraction of sp³-hybridized carbons (Fsp3) is 0.908. The lowest BCUT2D eigenvalue weighted by atomic mass is 9.75. The second-order valence-corrected chi connectivity index (χ2v) is 35.5. The summed E-state index contributed by atoms with van der Waals surface area (Å²) < 4.78 is 97.6. The number of Topliss-reactive ketones (excluding diaryl/α,β-unsaturated/α-hetero) is 1. The van der Waals surface area contributed by atoms with Gasteiger partial charge < -0.3 is 65.7 Å². The van der Waals surface area contributed by atoms with Gasteiger partial charge in [0.15, 0.2) is 17.9 Å². The maximum Gasteiger partial charge on any atom is 0.351 e. The van der Waals surface area contributed by atoms with Crippen LogP contribution in [0.5, 0.6) is 0 Å². The Balaban J connectivity index is 0.712. The molecule has 0 N–H and O–H groups in total. The van der Waals surface area contributed by atoms with Gasteiger partial charge in [-0.2, -0.15) is 0 Å². The molecule has 0 amide bonds. The topological polar surface area (TPSA) is 163 Å². The van der Waals surface area contributed by atoms with Gasteiger partial charge in [-0.25, -0.2) is 0 Å². The summed E-state index contributed by atoms with van der Waals surface area (Å²) in [7, 11) is -2.81. The van der Waals surface area contributed by atoms with Crippen LogP contribution in [0.4, 0.5) is 0 Å². The molecule has 0 aromatic carbocycles. The number of ketones is 1. The van der Waals surface area contributed by atoms with Crippen LogP contribution in [-0.4, -0.2) is 155 Å². The lowest BCUT2D eigenvalue weighted by molar-refractivity contribution is -0.386. The maximum atomic E-state index is 14.6. The third-order valence-electron chi connectivity index (χ3n) is 22.9. The van der Waals surface area contributed by atoms with E-state index in [2.05, 4.69) is 96.2 Å². The van der Waals surface area contributed by atoms with Crippen molar-refractivity contribution in [2.45, 2.75) is 324 Å². The van der Waals surface area contributed by atoms with Crippen LogP contribution < -0.4 is 0 Å². The quantitative estimate of drug-likeness (QED) is 0.148. The van der Waals surface area contributed by atoms with Crippen LogP contribution in [0.1, 0.15) is 186 Å². The van der Waals surface area contributed by atoms with E-state index in [1.165, 1.54) is 0 Å². The monoisotopic (exact) mass is 1160 g/mol. The molecule has 2 spiro atoms. The number of carbonyl (C=O) groups is 2. The van der Waals surface area contributed by atoms with Gasteiger partial charge in [-0.3, -0.25) is 9.59 Å². The normalized spacial score (nSPS) is 52.0. The van der Waals surface area contributed by atoms with Crippen LogP contribution >= 0.6 is 0 Å². The fourth-order valence-electron chi connectivity index (χ4n) is 18.3. The molecule has 14 aliphatic rings. The minimum Gasteiger partial charge on any atom is -0.459 e. The molecule has 28 atom stereocenters. The molecular weight excluding hydrogens is 1060 g/mol. The summed E-state index contributed by atoms with van der Waals surface area (Å²) in [5.41, 5.74) is 2.17. The van der Waals surface area contributed by atoms with E-state index in [9.17, 15) is 9.59 Å². The van der Waals surface area contributed by atoms with Crippen LogP contribution in [0.15, 0.2) is 24.3 Å². The summed E-state index contributed by atoms with van der Waals surface area (Å²) in [4.78, 5) is 29.2. The lowest BCUT2D eigenvalue weighted by Gasteiger charge is -2.60. The van der Waals surface area contributed by atoms with Gasteiger partial charge in [0.2, 0.25) is 0 Å². The lowest BCUT2D eigenvalue weighted by Crippen LogP contribution is -2.68. The van der Waals surface area contributed by atoms with Gasteiger partial charge >= 0.3 is 14.5 Å². The minimum absolute atomic E-state index is 0.00759. The number of ether oxygens (including phenoxy) is 12. The van der Waals surface area contributed by atoms with Crippen molar-refractivity contribution in [2.24, 2.45) is 41.4 Å². The molecule has 14 aliphatic heterocycles. The number of rotatable bonds is 4. The highest BCUT2D eigenvalue weighted by molar-refractivity contribution is 6.73. The number of fused-ring (bicyclic) bond motifs is 8. The van der Waals surface area contributed by atoms with Crippen LogP contribution in [0.2, 0.25) is 10.1 Å². The smallest absolute Gasteiger partial charge is 0.351 e. The van der Waals surface area contributed by atoms with Gasteiger partial charge in [0.25, 0.3) is 0 Å². The van der Waals surface area contributed by atoms with Crippen molar-refractivity contribution in [1.82, 2.24) is 0 Å². The van der Waals surface area contributed by atoms with Crippen molar-refractivity contribution in [3.63, 3.8) is 0 Å². The molecule has 0 aromatic rings. The van der Waals surface area contributed by atoms with E-state index in [-0.39, 0.29) is 156 Å². The Morgan fingerprint density at radius 3 is 2.02 bits per heavy atom. The van der Waals surface area contributed by atoms with Gasteiger partial charge in [-0.15, -0.1) is 0 Å². The fourth-order valence-corrected chi connectivity index (χ4v) is 23.2. The number of hydrogen-bond acceptors (Lipinski definition) is 16. The van der Waals surface area contributed by atoms with Crippen LogP contribution in [0, 0.1) is 41.4 Å². The highest BCUT2D eigenvalue weighted by Crippen LogP contribution is 2.59. The molecule has 0 aromatic heterocycles. The SMILES string of the molecule is C=C1C[C@@H]2CC[C@@]34C[C@H]5OC6C(O3)[C@H]3O[C@H](CC[C@@H]3O[C@H]6C5O4)CC(=O)O[C@@H]3[C@@H](C)[C@@H]4O[C@H](CC(=O)C[C@@H]5O[C@@]6(C[C@H](C)[C@@H]5C)C[C@H](C)[C@@H]5CO[Si](C(C)(C)C)(C(C)(C)C)O[C@@H]5O6)[C@H](C)C[C@@H]4O[C@H]3C[C@H]3O[C@@H](CC[C@@H]1O2)C[C@@H](C)C3=C. The number of carbonyl (C=O) groups excluding carboxylic acids is 2. The molecule has 3 unspecified atom stereocenters. The third-order valence-corrected chi connectivity index (χ3v) is 28.0. The molecule has 14 fully saturated rings. The summed E-state index contributed by atoms with van der Waals surface area (Å²) in [6.07, 6.45) is 4.46. The van der Waals surface area contributed by atoms with Gasteiger partial charge in [0.05, 0.1) is 79.7 Å². The van der Waals surface area contributed by atoms with Crippen molar-refractivity contribution >= 4 is 20.3 Å². The van der Waals surface area contributed by atoms with E-state index in [0.29, 0.717) is 38.7 Å². The Bertz CT molecular complexity index is 2410. The van der Waals surface area contributed by atoms with Gasteiger partial charge in [0.1, 0.15) is 42.4 Å². The summed E-state index contributed by atoms with van der Waals surface area (Å²) in [5, 5.41) is -0.368. The highest BCUT2D eigenvalue weighted by atomic mass is 28.4. The standard InChI is InChI=1S/C65H100O16Si/c1-32-21-41-15-17-45-33(2)22-43(69-45)19-20-64-30-52-57(78-64)58-59(75-52)60(79-64)56-46(73-58)18-16-42(71-56)26-53(67)76-55-39(8)54-50(72-51(55)27-48(70-41)37(32)6)23-34(3)47(74-54)24-40(66)25-49-38(7)35(4)28-65(77-49)29-36(5)44-31-68-82(62(9,10)11,63(12,13)14)81-61(44)80-65/h32,34-36,38-39,41-52,54-61H,2,6,15-31H2,1,3-5,7-14H3/t32-,34-,35+,36+,38+,39+,41+,42-,43+,44+,45+,46+,47-,48-,49+,50+,51+,52-,54+,55-,56+,57?,58+,59?,60?,61+,64+,65-/m1/s1. The van der Waals surface area contributed by atoms with E-state index in [1.54, 1.807) is 0 Å². The second-order valence-electron chi connectivity index (χ2n) is 30.8. The van der Waals surface area contributed by atoms with Crippen molar-refractivity contribution in [3.8, 4) is 0 Å². The Morgan fingerprint density at radius 2 is 1.24 bits per heavy atom. The molecule has 14 heterocycles. The molecule has 0 radical (unpaired) electrons. The first kappa shape index (κ1) is 59.3. The Kier molecular flexibility index (Phi) is 15.8. The Labute approximate surface area is 489 Å². The zero-order valence-corrected chi connectivity index (χ0v) is 52.5.